The molecule has 0 fully saturated rings. The van der Waals surface area contributed by atoms with Gasteiger partial charge in [-0.25, -0.2) is 0 Å². The van der Waals surface area contributed by atoms with Crippen LogP contribution >= 0.6 is 23.2 Å². The van der Waals surface area contributed by atoms with E-state index in [1.165, 1.54) is 0 Å². The van der Waals surface area contributed by atoms with Gasteiger partial charge in [-0.15, -0.1) is 0 Å². The molecule has 1 N–H and O–H groups in total. The Labute approximate surface area is 186 Å². The van der Waals surface area contributed by atoms with E-state index in [2.05, 4.69) is 10.2 Å². The van der Waals surface area contributed by atoms with Gasteiger partial charge in [0.2, 0.25) is 0 Å². The molecule has 0 saturated carbocycles. The van der Waals surface area contributed by atoms with Crippen LogP contribution in [0, 0.1) is 0 Å². The Kier molecular flexibility index (Phi) is 7.80. The van der Waals surface area contributed by atoms with Gasteiger partial charge in [0.05, 0.1) is 11.1 Å². The van der Waals surface area contributed by atoms with Crippen molar-refractivity contribution in [1.29, 1.82) is 0 Å². The number of nitrogens with one attached hydrogen (secondary N) is 1. The van der Waals surface area contributed by atoms with Crippen molar-refractivity contribution in [2.75, 3.05) is 20.6 Å². The van der Waals surface area contributed by atoms with Crippen molar-refractivity contribution in [3.63, 3.8) is 0 Å². The Bertz CT molecular complexity index is 971. The molecule has 0 radical (unpaired) electrons. The number of para-hydroxylation sites is 1. The number of rotatable bonds is 9. The lowest BCUT2D eigenvalue weighted by Crippen LogP contribution is -2.30. The van der Waals surface area contributed by atoms with Crippen LogP contribution in [-0.4, -0.2) is 31.4 Å². The normalized spacial score (nSPS) is 12.0. The van der Waals surface area contributed by atoms with Gasteiger partial charge < -0.3 is 19.4 Å². The minimum absolute atomic E-state index is 0.162. The van der Waals surface area contributed by atoms with Gasteiger partial charge >= 0.3 is 0 Å². The maximum Gasteiger partial charge on any atom is 0.287 e. The largest absolute Gasteiger partial charge is 0.484 e. The van der Waals surface area contributed by atoms with E-state index in [4.69, 9.17) is 32.4 Å². The van der Waals surface area contributed by atoms with Crippen molar-refractivity contribution in [2.45, 2.75) is 19.1 Å². The molecule has 30 heavy (non-hydrogen) atoms. The predicted octanol–water partition coefficient (Wildman–Crippen LogP) is 5.59. The Hall–Kier alpha value is -2.47. The number of furan rings is 1. The number of nitrogens with zero attached hydrogens (tertiary/aromatic N) is 1. The molecule has 3 rings (SSSR count). The molecule has 7 heteroatoms. The van der Waals surface area contributed by atoms with Crippen LogP contribution in [-0.2, 0) is 6.61 Å². The van der Waals surface area contributed by atoms with E-state index in [0.29, 0.717) is 21.6 Å². The summed E-state index contributed by atoms with van der Waals surface area (Å²) in [5, 5.41) is 4.24. The van der Waals surface area contributed by atoms with E-state index in [1.54, 1.807) is 24.3 Å². The van der Waals surface area contributed by atoms with Gasteiger partial charge in [-0.05, 0) is 69.0 Å². The molecule has 1 atom stereocenters. The molecule has 0 aliphatic heterocycles. The van der Waals surface area contributed by atoms with Crippen LogP contribution in [0.25, 0.3) is 0 Å². The highest BCUT2D eigenvalue weighted by atomic mass is 35.5. The Morgan fingerprint density at radius 1 is 1.07 bits per heavy atom. The Morgan fingerprint density at radius 3 is 2.50 bits per heavy atom. The maximum absolute atomic E-state index is 12.8. The van der Waals surface area contributed by atoms with Gasteiger partial charge in [-0.2, -0.15) is 0 Å². The topological polar surface area (TPSA) is 54.7 Å². The minimum Gasteiger partial charge on any atom is -0.484 e. The lowest BCUT2D eigenvalue weighted by molar-refractivity contribution is 0.0900. The van der Waals surface area contributed by atoms with Gasteiger partial charge in [-0.3, -0.25) is 4.79 Å². The van der Waals surface area contributed by atoms with Crippen molar-refractivity contribution < 1.29 is 13.9 Å². The second-order valence-corrected chi connectivity index (χ2v) is 8.00. The first kappa shape index (κ1) is 22.2. The molecule has 158 valence electrons. The van der Waals surface area contributed by atoms with Crippen molar-refractivity contribution in [2.24, 2.45) is 0 Å². The average molecular weight is 447 g/mol. The fourth-order valence-electron chi connectivity index (χ4n) is 2.92. The number of carbonyl (C=O) groups is 1. The summed E-state index contributed by atoms with van der Waals surface area (Å²) in [7, 11) is 4.00. The number of carbonyl (C=O) groups excluding carboxylic acids is 1. The maximum atomic E-state index is 12.8. The summed E-state index contributed by atoms with van der Waals surface area (Å²) in [5.74, 6) is 1.05. The number of ether oxygens (including phenoxy) is 1. The summed E-state index contributed by atoms with van der Waals surface area (Å²) >= 11 is 12.1. The Balaban J connectivity index is 1.65. The molecule has 1 amide bonds. The van der Waals surface area contributed by atoms with Crippen LogP contribution in [0.2, 0.25) is 10.0 Å². The second kappa shape index (κ2) is 10.5. The summed E-state index contributed by atoms with van der Waals surface area (Å²) in [5.41, 5.74) is 0.989. The van der Waals surface area contributed by atoms with E-state index in [-0.39, 0.29) is 24.3 Å². The summed E-state index contributed by atoms with van der Waals surface area (Å²) in [6.45, 7) is 1.00. The van der Waals surface area contributed by atoms with E-state index in [1.807, 2.05) is 50.5 Å². The van der Waals surface area contributed by atoms with Crippen molar-refractivity contribution in [3.8, 4) is 5.75 Å². The number of halogens is 2. The van der Waals surface area contributed by atoms with E-state index in [9.17, 15) is 4.79 Å². The van der Waals surface area contributed by atoms with Crippen LogP contribution in [0.3, 0.4) is 0 Å². The molecule has 3 aromatic rings. The number of hydrogen-bond acceptors (Lipinski definition) is 4. The number of benzene rings is 2. The Morgan fingerprint density at radius 2 is 1.80 bits per heavy atom. The molecule has 0 spiro atoms. The van der Waals surface area contributed by atoms with Crippen molar-refractivity contribution in [3.05, 3.63) is 87.8 Å². The fourth-order valence-corrected chi connectivity index (χ4v) is 3.24. The first-order chi connectivity index (χ1) is 14.4. The molecule has 0 bridgehead atoms. The zero-order valence-corrected chi connectivity index (χ0v) is 18.4. The van der Waals surface area contributed by atoms with Crippen LogP contribution < -0.4 is 10.1 Å². The molecule has 2 aromatic carbocycles. The lowest BCUT2D eigenvalue weighted by Gasteiger charge is -2.21. The third-order valence-electron chi connectivity index (χ3n) is 4.53. The van der Waals surface area contributed by atoms with Crippen LogP contribution in [0.4, 0.5) is 0 Å². The molecule has 5 nitrogen and oxygen atoms in total. The van der Waals surface area contributed by atoms with Crippen LogP contribution in [0.15, 0.2) is 65.1 Å². The number of hydrogen-bond donors (Lipinski definition) is 1. The fraction of sp³-hybridized carbons (Fsp3) is 0.261. The van der Waals surface area contributed by atoms with E-state index in [0.717, 1.165) is 18.5 Å². The zero-order chi connectivity index (χ0) is 21.5. The molecule has 1 heterocycles. The highest BCUT2D eigenvalue weighted by Crippen LogP contribution is 2.25. The van der Waals surface area contributed by atoms with Crippen LogP contribution in [0.1, 0.15) is 34.3 Å². The summed E-state index contributed by atoms with van der Waals surface area (Å²) in [4.78, 5) is 14.9. The highest BCUT2D eigenvalue weighted by Gasteiger charge is 2.19. The summed E-state index contributed by atoms with van der Waals surface area (Å²) in [6.07, 6.45) is 0.754. The van der Waals surface area contributed by atoms with Gasteiger partial charge in [0.25, 0.3) is 5.91 Å². The molecular formula is C23H24Cl2N2O3. The van der Waals surface area contributed by atoms with Gasteiger partial charge in [0.1, 0.15) is 18.1 Å². The number of amides is 1. The first-order valence-electron chi connectivity index (χ1n) is 9.59. The molecule has 0 aliphatic rings. The average Bonchev–Trinajstić information content (AvgIpc) is 3.20. The van der Waals surface area contributed by atoms with E-state index >= 15 is 0 Å². The first-order valence-corrected chi connectivity index (χ1v) is 10.3. The van der Waals surface area contributed by atoms with Crippen molar-refractivity contribution in [1.82, 2.24) is 10.2 Å². The lowest BCUT2D eigenvalue weighted by atomic mass is 10.0. The van der Waals surface area contributed by atoms with Gasteiger partial charge in [0, 0.05) is 5.02 Å². The molecule has 0 aliphatic carbocycles. The molecule has 0 saturated heterocycles. The van der Waals surface area contributed by atoms with Crippen molar-refractivity contribution >= 4 is 29.1 Å². The summed E-state index contributed by atoms with van der Waals surface area (Å²) in [6, 6.07) is 17.9. The third kappa shape index (κ3) is 6.26. The molecule has 1 unspecified atom stereocenters. The molecule has 1 aromatic heterocycles. The monoisotopic (exact) mass is 446 g/mol. The standard InChI is InChI=1S/C23H24Cl2N2O3/c1-27(2)14-13-20(16-7-9-17(24)10-8-16)26-23(28)22-12-11-18(30-22)15-29-21-6-4-3-5-19(21)25/h3-12,20H,13-15H2,1-2H3,(H,26,28). The smallest absolute Gasteiger partial charge is 0.287 e. The predicted molar refractivity (Wildman–Crippen MR) is 119 cm³/mol. The second-order valence-electron chi connectivity index (χ2n) is 7.15. The van der Waals surface area contributed by atoms with Crippen LogP contribution in [0.5, 0.6) is 5.75 Å². The van der Waals surface area contributed by atoms with Gasteiger partial charge in [0.15, 0.2) is 5.76 Å². The highest BCUT2D eigenvalue weighted by molar-refractivity contribution is 6.32. The SMILES string of the molecule is CN(C)CCC(NC(=O)c1ccc(COc2ccccc2Cl)o1)c1ccc(Cl)cc1. The third-order valence-corrected chi connectivity index (χ3v) is 5.10. The molecular weight excluding hydrogens is 423 g/mol. The van der Waals surface area contributed by atoms with Gasteiger partial charge in [-0.1, -0.05) is 47.5 Å². The van der Waals surface area contributed by atoms with E-state index < -0.39 is 0 Å². The zero-order valence-electron chi connectivity index (χ0n) is 16.9. The quantitative estimate of drug-likeness (QED) is 0.465. The summed E-state index contributed by atoms with van der Waals surface area (Å²) < 4.78 is 11.3. The minimum atomic E-state index is -0.280.